The molecule has 0 spiro atoms. The largest absolute Gasteiger partial charge is 0.454 e. The fourth-order valence-electron chi connectivity index (χ4n) is 2.90. The number of hydrogen-bond donors (Lipinski definition) is 2. The van der Waals surface area contributed by atoms with E-state index in [4.69, 9.17) is 0 Å². The van der Waals surface area contributed by atoms with Gasteiger partial charge in [0.05, 0.1) is 11.3 Å². The first-order valence-corrected chi connectivity index (χ1v) is 11.0. The Hall–Kier alpha value is -4.52. The summed E-state index contributed by atoms with van der Waals surface area (Å²) in [4.78, 5) is 23.8. The maximum Gasteiger partial charge on any atom is 0.422 e. The van der Waals surface area contributed by atoms with Gasteiger partial charge < -0.3 is 15.8 Å². The first kappa shape index (κ1) is 30.7. The molecule has 3 aromatic rings. The third-order valence-corrected chi connectivity index (χ3v) is 4.53. The van der Waals surface area contributed by atoms with Gasteiger partial charge in [-0.1, -0.05) is 36.4 Å². The van der Waals surface area contributed by atoms with E-state index in [0.717, 1.165) is 18.2 Å². The first-order chi connectivity index (χ1) is 18.4. The van der Waals surface area contributed by atoms with Crippen LogP contribution in [0.3, 0.4) is 0 Å². The van der Waals surface area contributed by atoms with Crippen molar-refractivity contribution in [1.82, 2.24) is 0 Å². The van der Waals surface area contributed by atoms with Gasteiger partial charge in [0.2, 0.25) is 0 Å². The molecule has 39 heavy (non-hydrogen) atoms. The number of alkyl halides is 6. The first-order valence-electron chi connectivity index (χ1n) is 11.0. The maximum atomic E-state index is 13.0. The van der Waals surface area contributed by atoms with E-state index < -0.39 is 36.5 Å². The van der Waals surface area contributed by atoms with E-state index in [9.17, 15) is 31.1 Å². The van der Waals surface area contributed by atoms with Crippen LogP contribution >= 0.6 is 0 Å². The zero-order valence-corrected chi connectivity index (χ0v) is 20.4. The van der Waals surface area contributed by atoms with Gasteiger partial charge in [0, 0.05) is 16.8 Å². The lowest BCUT2D eigenvalue weighted by molar-refractivity contribution is -0.156. The average molecular weight is 551 g/mol. The smallest absolute Gasteiger partial charge is 0.422 e. The normalized spacial score (nSPS) is 12.2. The number of ether oxygens (including phenoxy) is 1. The Labute approximate surface area is 219 Å². The van der Waals surface area contributed by atoms with Crippen LogP contribution in [0, 0.1) is 0 Å². The fraction of sp³-hybridized carbons (Fsp3) is 0.154. The van der Waals surface area contributed by atoms with Gasteiger partial charge in [0.25, 0.3) is 5.91 Å². The monoisotopic (exact) mass is 551 g/mol. The Morgan fingerprint density at radius 3 is 2.15 bits per heavy atom. The number of nitrogens with two attached hydrogens (primary N) is 1. The van der Waals surface area contributed by atoms with Crippen molar-refractivity contribution >= 4 is 35.9 Å². The molecule has 0 saturated carbocycles. The zero-order chi connectivity index (χ0) is 29.1. The highest BCUT2D eigenvalue weighted by molar-refractivity contribution is 6.10. The molecule has 7 nitrogen and oxygen atoms in total. The van der Waals surface area contributed by atoms with Crippen LogP contribution in [0.15, 0.2) is 93.8 Å². The average Bonchev–Trinajstić information content (AvgIpc) is 2.91. The van der Waals surface area contributed by atoms with E-state index in [2.05, 4.69) is 37.5 Å². The number of amides is 1. The number of aliphatic imine (C=N–C) groups is 3. The molecular formula is C26H23F6N5O2. The second kappa shape index (κ2) is 13.9. The van der Waals surface area contributed by atoms with Gasteiger partial charge >= 0.3 is 18.4 Å². The van der Waals surface area contributed by atoms with Crippen LogP contribution in [-0.2, 0) is 10.9 Å². The summed E-state index contributed by atoms with van der Waals surface area (Å²) in [6.07, 6.45) is -9.47. The van der Waals surface area contributed by atoms with Crippen LogP contribution in [0.5, 0.6) is 0 Å². The molecule has 0 heterocycles. The summed E-state index contributed by atoms with van der Waals surface area (Å²) < 4.78 is 82.1. The Kier molecular flexibility index (Phi) is 10.9. The summed E-state index contributed by atoms with van der Waals surface area (Å²) in [6, 6.07) is 17.0. The van der Waals surface area contributed by atoms with Crippen LogP contribution in [-0.4, -0.2) is 44.3 Å². The topological polar surface area (TPSA) is 101 Å². The predicted octanol–water partition coefficient (Wildman–Crippen LogP) is 6.25. The van der Waals surface area contributed by atoms with Crippen molar-refractivity contribution in [1.29, 1.82) is 0 Å². The molecular weight excluding hydrogens is 528 g/mol. The second-order valence-electron chi connectivity index (χ2n) is 7.34. The SMILES string of the molecule is C=N/C(=N\C(=Nc1cccc(C(F)(F)F)c1)OCC(F)(F)F)c1cccc(C(=O)Nc2ccccc2)c1.CN. The highest BCUT2D eigenvalue weighted by Crippen LogP contribution is 2.31. The van der Waals surface area contributed by atoms with Crippen molar-refractivity contribution in [3.8, 4) is 0 Å². The molecule has 0 unspecified atom stereocenters. The molecule has 0 atom stereocenters. The number of hydrogen-bond acceptors (Lipinski definition) is 4. The van der Waals surface area contributed by atoms with E-state index in [1.165, 1.54) is 31.3 Å². The third kappa shape index (κ3) is 10.0. The number of anilines is 1. The van der Waals surface area contributed by atoms with Gasteiger partial charge in [-0.3, -0.25) is 4.79 Å². The van der Waals surface area contributed by atoms with Crippen molar-refractivity contribution in [2.24, 2.45) is 20.7 Å². The molecule has 0 aliphatic carbocycles. The Balaban J connectivity index is 0.00000260. The molecule has 0 fully saturated rings. The highest BCUT2D eigenvalue weighted by atomic mass is 19.4. The lowest BCUT2D eigenvalue weighted by Crippen LogP contribution is -2.20. The highest BCUT2D eigenvalue weighted by Gasteiger charge is 2.31. The molecule has 3 N–H and O–H groups in total. The molecule has 1 amide bonds. The number of nitrogens with one attached hydrogen (secondary N) is 1. The maximum absolute atomic E-state index is 13.0. The van der Waals surface area contributed by atoms with Crippen molar-refractivity contribution < 1.29 is 35.9 Å². The summed E-state index contributed by atoms with van der Waals surface area (Å²) in [7, 11) is 1.50. The summed E-state index contributed by atoms with van der Waals surface area (Å²) >= 11 is 0. The van der Waals surface area contributed by atoms with Crippen LogP contribution in [0.25, 0.3) is 0 Å². The molecule has 3 aromatic carbocycles. The van der Waals surface area contributed by atoms with Crippen LogP contribution in [0.4, 0.5) is 37.7 Å². The summed E-state index contributed by atoms with van der Waals surface area (Å²) in [5, 5.41) is 2.68. The second-order valence-corrected chi connectivity index (χ2v) is 7.34. The molecule has 0 aromatic heterocycles. The van der Waals surface area contributed by atoms with Gasteiger partial charge in [-0.25, -0.2) is 4.99 Å². The molecule has 0 bridgehead atoms. The van der Waals surface area contributed by atoms with E-state index in [-0.39, 0.29) is 22.6 Å². The summed E-state index contributed by atoms with van der Waals surface area (Å²) in [6.45, 7) is 1.52. The number of nitrogens with zero attached hydrogens (tertiary/aromatic N) is 3. The Bertz CT molecular complexity index is 1320. The van der Waals surface area contributed by atoms with Gasteiger partial charge in [-0.15, -0.1) is 0 Å². The standard InChI is InChI=1S/C25H18F6N4O2.CH5N/c1-32-21(16-7-5-8-17(13-16)22(36)33-19-10-3-2-4-11-19)35-23(37-15-24(26,27)28)34-20-12-6-9-18(14-20)25(29,30)31;1-2/h2-14H,1,15H2,(H,33,36);2H2,1H3/b34-23?,35-21-;. The number of rotatable bonds is 5. The lowest BCUT2D eigenvalue weighted by atomic mass is 10.1. The molecule has 3 rings (SSSR count). The summed E-state index contributed by atoms with van der Waals surface area (Å²) in [5.74, 6) is -0.759. The number of carbonyl (C=O) groups excluding carboxylic acids is 1. The molecule has 206 valence electrons. The quantitative estimate of drug-likeness (QED) is 0.223. The van der Waals surface area contributed by atoms with E-state index in [1.807, 2.05) is 0 Å². The Morgan fingerprint density at radius 2 is 1.54 bits per heavy atom. The lowest BCUT2D eigenvalue weighted by Gasteiger charge is -2.11. The van der Waals surface area contributed by atoms with Crippen LogP contribution < -0.4 is 11.1 Å². The van der Waals surface area contributed by atoms with E-state index in [0.29, 0.717) is 11.8 Å². The van der Waals surface area contributed by atoms with E-state index in [1.54, 1.807) is 30.3 Å². The van der Waals surface area contributed by atoms with Gasteiger partial charge in [0.1, 0.15) is 0 Å². The number of benzene rings is 3. The predicted molar refractivity (Wildman–Crippen MR) is 138 cm³/mol. The molecule has 0 aliphatic heterocycles. The van der Waals surface area contributed by atoms with Crippen molar-refractivity contribution in [3.05, 3.63) is 95.6 Å². The van der Waals surface area contributed by atoms with Crippen molar-refractivity contribution in [2.75, 3.05) is 19.0 Å². The molecule has 0 radical (unpaired) electrons. The number of amidine groups is 2. The van der Waals surface area contributed by atoms with Gasteiger partial charge in [-0.05, 0) is 56.2 Å². The zero-order valence-electron chi connectivity index (χ0n) is 20.4. The molecule has 0 aliphatic rings. The third-order valence-electron chi connectivity index (χ3n) is 4.53. The number of halogens is 6. The minimum atomic E-state index is -4.78. The van der Waals surface area contributed by atoms with Crippen molar-refractivity contribution in [2.45, 2.75) is 12.4 Å². The molecule has 0 saturated heterocycles. The molecule has 13 heteroatoms. The number of para-hydroxylation sites is 1. The van der Waals surface area contributed by atoms with Crippen molar-refractivity contribution in [3.63, 3.8) is 0 Å². The number of carbonyl (C=O) groups is 1. The minimum absolute atomic E-state index is 0.170. The van der Waals surface area contributed by atoms with Gasteiger partial charge in [-0.2, -0.15) is 36.3 Å². The minimum Gasteiger partial charge on any atom is -0.454 e. The van der Waals surface area contributed by atoms with Crippen LogP contribution in [0.1, 0.15) is 21.5 Å². The summed E-state index contributed by atoms with van der Waals surface area (Å²) in [5.41, 5.74) is 3.96. The van der Waals surface area contributed by atoms with Crippen LogP contribution in [0.2, 0.25) is 0 Å². The van der Waals surface area contributed by atoms with Gasteiger partial charge in [0.15, 0.2) is 12.4 Å². The van der Waals surface area contributed by atoms with E-state index >= 15 is 0 Å². The Morgan fingerprint density at radius 1 is 0.897 bits per heavy atom. The fourth-order valence-corrected chi connectivity index (χ4v) is 2.90.